The Kier molecular flexibility index (Phi) is 6.23. The van der Waals surface area contributed by atoms with Crippen LogP contribution < -0.4 is 5.56 Å². The van der Waals surface area contributed by atoms with E-state index < -0.39 is 0 Å². The summed E-state index contributed by atoms with van der Waals surface area (Å²) in [5, 5.41) is 0. The lowest BCUT2D eigenvalue weighted by Crippen LogP contribution is -2.35. The SMILES string of the molecule is CCCN(CCC)C(=O)Cc1c(C)nc(-c2cccnc2)[nH]c1=O. The molecule has 0 bridgehead atoms. The van der Waals surface area contributed by atoms with Crippen molar-refractivity contribution in [3.63, 3.8) is 0 Å². The molecule has 1 amide bonds. The third kappa shape index (κ3) is 4.28. The summed E-state index contributed by atoms with van der Waals surface area (Å²) in [6.45, 7) is 7.27. The van der Waals surface area contributed by atoms with Crippen molar-refractivity contribution in [3.05, 3.63) is 46.1 Å². The van der Waals surface area contributed by atoms with E-state index in [4.69, 9.17) is 0 Å². The number of hydrogen-bond acceptors (Lipinski definition) is 4. The number of hydrogen-bond donors (Lipinski definition) is 1. The molecular formula is C18H24N4O2. The van der Waals surface area contributed by atoms with Crippen molar-refractivity contribution in [1.29, 1.82) is 0 Å². The molecule has 0 spiro atoms. The molecule has 24 heavy (non-hydrogen) atoms. The van der Waals surface area contributed by atoms with E-state index in [1.807, 2.05) is 24.8 Å². The molecule has 128 valence electrons. The second kappa shape index (κ2) is 8.38. The van der Waals surface area contributed by atoms with Crippen LogP contribution in [0.25, 0.3) is 11.4 Å². The van der Waals surface area contributed by atoms with E-state index in [1.165, 1.54) is 0 Å². The number of amides is 1. The number of H-pyrrole nitrogens is 1. The summed E-state index contributed by atoms with van der Waals surface area (Å²) in [4.78, 5) is 38.0. The average molecular weight is 328 g/mol. The zero-order chi connectivity index (χ0) is 17.5. The zero-order valence-corrected chi connectivity index (χ0v) is 14.5. The van der Waals surface area contributed by atoms with Crippen molar-refractivity contribution in [1.82, 2.24) is 19.9 Å². The lowest BCUT2D eigenvalue weighted by Gasteiger charge is -2.21. The Bertz CT molecular complexity index is 734. The van der Waals surface area contributed by atoms with Gasteiger partial charge in [0.1, 0.15) is 5.82 Å². The fourth-order valence-corrected chi connectivity index (χ4v) is 2.62. The number of aromatic nitrogens is 3. The minimum absolute atomic E-state index is 0.0248. The predicted octanol–water partition coefficient (Wildman–Crippen LogP) is 2.33. The maximum absolute atomic E-state index is 12.5. The van der Waals surface area contributed by atoms with Crippen LogP contribution in [-0.2, 0) is 11.2 Å². The number of carbonyl (C=O) groups excluding carboxylic acids is 1. The maximum atomic E-state index is 12.5. The van der Waals surface area contributed by atoms with Crippen LogP contribution in [0.5, 0.6) is 0 Å². The zero-order valence-electron chi connectivity index (χ0n) is 14.5. The smallest absolute Gasteiger partial charge is 0.255 e. The van der Waals surface area contributed by atoms with Gasteiger partial charge in [-0.15, -0.1) is 0 Å². The minimum atomic E-state index is -0.261. The number of carbonyl (C=O) groups is 1. The molecule has 1 N–H and O–H groups in total. The molecule has 2 rings (SSSR count). The number of aryl methyl sites for hydroxylation is 1. The Morgan fingerprint density at radius 2 is 1.96 bits per heavy atom. The number of nitrogens with one attached hydrogen (secondary N) is 1. The van der Waals surface area contributed by atoms with Crippen LogP contribution in [0.4, 0.5) is 0 Å². The highest BCUT2D eigenvalue weighted by molar-refractivity contribution is 5.79. The highest BCUT2D eigenvalue weighted by atomic mass is 16.2. The molecule has 0 unspecified atom stereocenters. The molecule has 2 aromatic heterocycles. The first kappa shape index (κ1) is 17.8. The van der Waals surface area contributed by atoms with Crippen LogP contribution in [0, 0.1) is 6.92 Å². The molecule has 6 nitrogen and oxygen atoms in total. The van der Waals surface area contributed by atoms with Crippen molar-refractivity contribution in [2.24, 2.45) is 0 Å². The number of rotatable bonds is 7. The van der Waals surface area contributed by atoms with Crippen LogP contribution >= 0.6 is 0 Å². The molecule has 2 aromatic rings. The summed E-state index contributed by atoms with van der Waals surface area (Å²) in [7, 11) is 0. The quantitative estimate of drug-likeness (QED) is 0.846. The predicted molar refractivity (Wildman–Crippen MR) is 93.7 cm³/mol. The lowest BCUT2D eigenvalue weighted by molar-refractivity contribution is -0.130. The molecule has 2 heterocycles. The van der Waals surface area contributed by atoms with Gasteiger partial charge in [-0.2, -0.15) is 0 Å². The van der Waals surface area contributed by atoms with Crippen molar-refractivity contribution >= 4 is 5.91 Å². The molecule has 0 aliphatic carbocycles. The van der Waals surface area contributed by atoms with Gasteiger partial charge >= 0.3 is 0 Å². The molecule has 0 aliphatic rings. The molecule has 0 aromatic carbocycles. The van der Waals surface area contributed by atoms with Gasteiger partial charge < -0.3 is 9.88 Å². The van der Waals surface area contributed by atoms with Crippen LogP contribution in [0.1, 0.15) is 37.9 Å². The van der Waals surface area contributed by atoms with Gasteiger partial charge in [0.25, 0.3) is 5.56 Å². The normalized spacial score (nSPS) is 10.6. The largest absolute Gasteiger partial charge is 0.342 e. The summed E-state index contributed by atoms with van der Waals surface area (Å²) in [5.74, 6) is 0.448. The molecule has 6 heteroatoms. The Morgan fingerprint density at radius 3 is 2.50 bits per heavy atom. The Hall–Kier alpha value is -2.50. The van der Waals surface area contributed by atoms with E-state index in [2.05, 4.69) is 15.0 Å². The van der Waals surface area contributed by atoms with Gasteiger partial charge in [0, 0.05) is 42.3 Å². The summed E-state index contributed by atoms with van der Waals surface area (Å²) < 4.78 is 0. The Balaban J connectivity index is 2.25. The van der Waals surface area contributed by atoms with Crippen LogP contribution in [0.3, 0.4) is 0 Å². The van der Waals surface area contributed by atoms with E-state index in [0.717, 1.165) is 18.4 Å². The van der Waals surface area contributed by atoms with Crippen molar-refractivity contribution < 1.29 is 4.79 Å². The van der Waals surface area contributed by atoms with E-state index in [-0.39, 0.29) is 17.9 Å². The highest BCUT2D eigenvalue weighted by Gasteiger charge is 2.17. The van der Waals surface area contributed by atoms with Crippen molar-refractivity contribution in [3.8, 4) is 11.4 Å². The second-order valence-electron chi connectivity index (χ2n) is 5.78. The monoisotopic (exact) mass is 328 g/mol. The molecule has 0 atom stereocenters. The first-order valence-electron chi connectivity index (χ1n) is 8.34. The van der Waals surface area contributed by atoms with Gasteiger partial charge in [-0.1, -0.05) is 13.8 Å². The second-order valence-corrected chi connectivity index (χ2v) is 5.78. The maximum Gasteiger partial charge on any atom is 0.255 e. The van der Waals surface area contributed by atoms with Gasteiger partial charge in [-0.05, 0) is 31.9 Å². The summed E-state index contributed by atoms with van der Waals surface area (Å²) in [5.41, 5.74) is 1.50. The third-order valence-electron chi connectivity index (χ3n) is 3.82. The topological polar surface area (TPSA) is 79.0 Å². The number of nitrogens with zero attached hydrogens (tertiary/aromatic N) is 3. The van der Waals surface area contributed by atoms with Gasteiger partial charge in [0.05, 0.1) is 6.42 Å². The van der Waals surface area contributed by atoms with Crippen LogP contribution in [0.2, 0.25) is 0 Å². The number of aromatic amines is 1. The van der Waals surface area contributed by atoms with Gasteiger partial charge in [0.2, 0.25) is 5.91 Å². The van der Waals surface area contributed by atoms with Gasteiger partial charge in [-0.25, -0.2) is 4.98 Å². The van der Waals surface area contributed by atoms with E-state index >= 15 is 0 Å². The number of pyridine rings is 1. The van der Waals surface area contributed by atoms with Crippen molar-refractivity contribution in [2.75, 3.05) is 13.1 Å². The summed E-state index contributed by atoms with van der Waals surface area (Å²) in [6, 6.07) is 3.62. The average Bonchev–Trinajstić information content (AvgIpc) is 2.58. The molecule has 0 saturated carbocycles. The lowest BCUT2D eigenvalue weighted by atomic mass is 10.1. The third-order valence-corrected chi connectivity index (χ3v) is 3.82. The molecule has 0 radical (unpaired) electrons. The van der Waals surface area contributed by atoms with Gasteiger partial charge in [0.15, 0.2) is 0 Å². The first-order chi connectivity index (χ1) is 11.6. The van der Waals surface area contributed by atoms with Crippen LogP contribution in [0.15, 0.2) is 29.3 Å². The Morgan fingerprint density at radius 1 is 1.25 bits per heavy atom. The van der Waals surface area contributed by atoms with E-state index in [9.17, 15) is 9.59 Å². The molecule has 0 saturated heterocycles. The van der Waals surface area contributed by atoms with E-state index in [0.29, 0.717) is 30.2 Å². The standard InChI is InChI=1S/C18H24N4O2/c1-4-9-22(10-5-2)16(23)11-15-13(3)20-17(21-18(15)24)14-7-6-8-19-12-14/h6-8,12H,4-5,9-11H2,1-3H3,(H,20,21,24). The molecule has 0 aliphatic heterocycles. The van der Waals surface area contributed by atoms with Crippen LogP contribution in [-0.4, -0.2) is 38.8 Å². The minimum Gasteiger partial charge on any atom is -0.342 e. The van der Waals surface area contributed by atoms with E-state index in [1.54, 1.807) is 25.4 Å². The summed E-state index contributed by atoms with van der Waals surface area (Å²) >= 11 is 0. The summed E-state index contributed by atoms with van der Waals surface area (Å²) in [6.07, 6.45) is 5.20. The first-order valence-corrected chi connectivity index (χ1v) is 8.34. The molecule has 0 fully saturated rings. The highest BCUT2D eigenvalue weighted by Crippen LogP contribution is 2.13. The van der Waals surface area contributed by atoms with Crippen molar-refractivity contribution in [2.45, 2.75) is 40.0 Å². The fraction of sp³-hybridized carbons (Fsp3) is 0.444. The fourth-order valence-electron chi connectivity index (χ4n) is 2.62. The van der Waals surface area contributed by atoms with Gasteiger partial charge in [-0.3, -0.25) is 14.6 Å². The Labute approximate surface area is 142 Å². The molecular weight excluding hydrogens is 304 g/mol.